The maximum Gasteiger partial charge on any atom is 0.323 e. The molecule has 0 aliphatic carbocycles. The summed E-state index contributed by atoms with van der Waals surface area (Å²) in [5.41, 5.74) is -0.576. The van der Waals surface area contributed by atoms with Crippen molar-refractivity contribution in [1.29, 1.82) is 0 Å². The highest BCUT2D eigenvalue weighted by molar-refractivity contribution is 5.99. The zero-order chi connectivity index (χ0) is 13.2. The Morgan fingerprint density at radius 2 is 1.76 bits per heavy atom. The lowest BCUT2D eigenvalue weighted by atomic mass is 10.2. The first-order chi connectivity index (χ1) is 7.69. The third-order valence-electron chi connectivity index (χ3n) is 2.27. The van der Waals surface area contributed by atoms with Crippen LogP contribution in [0.1, 0.15) is 27.7 Å². The van der Waals surface area contributed by atoms with E-state index in [1.165, 1.54) is 4.90 Å². The van der Waals surface area contributed by atoms with E-state index in [1.54, 1.807) is 27.7 Å². The lowest BCUT2D eigenvalue weighted by molar-refractivity contribution is -0.161. The van der Waals surface area contributed by atoms with Crippen molar-refractivity contribution in [2.45, 2.75) is 39.3 Å². The first-order valence-corrected chi connectivity index (χ1v) is 5.48. The molecule has 0 spiro atoms. The van der Waals surface area contributed by atoms with Crippen molar-refractivity contribution in [1.82, 2.24) is 10.2 Å². The third-order valence-corrected chi connectivity index (χ3v) is 2.27. The van der Waals surface area contributed by atoms with Crippen LogP contribution in [0.15, 0.2) is 0 Å². The topological polar surface area (TPSA) is 75.7 Å². The molecule has 17 heavy (non-hydrogen) atoms. The zero-order valence-electron chi connectivity index (χ0n) is 10.6. The van der Waals surface area contributed by atoms with Gasteiger partial charge in [0.15, 0.2) is 0 Å². The van der Waals surface area contributed by atoms with Crippen LogP contribution < -0.4 is 5.32 Å². The van der Waals surface area contributed by atoms with E-state index in [0.717, 1.165) is 0 Å². The molecule has 1 aliphatic heterocycles. The van der Waals surface area contributed by atoms with Crippen molar-refractivity contribution in [2.75, 3.05) is 13.1 Å². The molecular formula is C11H18N2O4. The van der Waals surface area contributed by atoms with Gasteiger partial charge in [-0.1, -0.05) is 0 Å². The van der Waals surface area contributed by atoms with Crippen LogP contribution in [0.2, 0.25) is 0 Å². The predicted octanol–water partition coefficient (Wildman–Crippen LogP) is -0.325. The highest BCUT2D eigenvalue weighted by atomic mass is 16.6. The van der Waals surface area contributed by atoms with E-state index in [0.29, 0.717) is 0 Å². The number of carbonyl (C=O) groups is 3. The van der Waals surface area contributed by atoms with Crippen LogP contribution in [0.5, 0.6) is 0 Å². The Labute approximate surface area is 100 Å². The molecule has 0 bridgehead atoms. The van der Waals surface area contributed by atoms with Crippen molar-refractivity contribution in [3.05, 3.63) is 0 Å². The Bertz CT molecular complexity index is 330. The summed E-state index contributed by atoms with van der Waals surface area (Å²) in [4.78, 5) is 35.6. The number of piperazine rings is 1. The van der Waals surface area contributed by atoms with Crippen molar-refractivity contribution in [2.24, 2.45) is 0 Å². The third kappa shape index (κ3) is 4.14. The number of rotatable bonds is 2. The number of hydrogen-bond acceptors (Lipinski definition) is 5. The summed E-state index contributed by atoms with van der Waals surface area (Å²) in [6, 6.07) is -0.607. The minimum atomic E-state index is -0.607. The first-order valence-electron chi connectivity index (χ1n) is 5.48. The number of imide groups is 1. The summed E-state index contributed by atoms with van der Waals surface area (Å²) in [5.74, 6) is -1.21. The van der Waals surface area contributed by atoms with Crippen molar-refractivity contribution < 1.29 is 19.1 Å². The van der Waals surface area contributed by atoms with Gasteiger partial charge in [-0.25, -0.2) is 0 Å². The van der Waals surface area contributed by atoms with Gasteiger partial charge in [0.05, 0.1) is 13.1 Å². The molecule has 6 nitrogen and oxygen atoms in total. The second kappa shape index (κ2) is 4.83. The van der Waals surface area contributed by atoms with E-state index in [4.69, 9.17) is 4.74 Å². The molecule has 0 aromatic carbocycles. The van der Waals surface area contributed by atoms with Crippen molar-refractivity contribution >= 4 is 17.8 Å². The molecule has 6 heteroatoms. The summed E-state index contributed by atoms with van der Waals surface area (Å²) in [7, 11) is 0. The summed E-state index contributed by atoms with van der Waals surface area (Å²) >= 11 is 0. The molecule has 1 unspecified atom stereocenters. The SMILES string of the molecule is CC(C(=O)OC(C)(C)C)N1CC(=O)NC(=O)C1. The number of hydrogen-bond donors (Lipinski definition) is 1. The smallest absolute Gasteiger partial charge is 0.323 e. The monoisotopic (exact) mass is 242 g/mol. The average molecular weight is 242 g/mol. The zero-order valence-corrected chi connectivity index (χ0v) is 10.6. The van der Waals surface area contributed by atoms with E-state index >= 15 is 0 Å². The van der Waals surface area contributed by atoms with Crippen LogP contribution in [-0.2, 0) is 19.1 Å². The molecule has 96 valence electrons. The highest BCUT2D eigenvalue weighted by Gasteiger charge is 2.32. The van der Waals surface area contributed by atoms with Gasteiger partial charge in [-0.15, -0.1) is 0 Å². The van der Waals surface area contributed by atoms with Gasteiger partial charge in [0.2, 0.25) is 11.8 Å². The van der Waals surface area contributed by atoms with E-state index in [9.17, 15) is 14.4 Å². The molecule has 0 aromatic rings. The maximum absolute atomic E-state index is 11.8. The summed E-state index contributed by atoms with van der Waals surface area (Å²) in [5, 5.41) is 2.18. The van der Waals surface area contributed by atoms with Crippen LogP contribution >= 0.6 is 0 Å². The molecule has 2 amide bonds. The fourth-order valence-electron chi connectivity index (χ4n) is 1.47. The lowest BCUT2D eigenvalue weighted by Gasteiger charge is -2.31. The van der Waals surface area contributed by atoms with E-state index in [-0.39, 0.29) is 13.1 Å². The van der Waals surface area contributed by atoms with E-state index < -0.39 is 29.4 Å². The number of nitrogens with zero attached hydrogens (tertiary/aromatic N) is 1. The summed E-state index contributed by atoms with van der Waals surface area (Å²) in [6.07, 6.45) is 0. The maximum atomic E-state index is 11.8. The van der Waals surface area contributed by atoms with Gasteiger partial charge < -0.3 is 4.74 Å². The van der Waals surface area contributed by atoms with E-state index in [2.05, 4.69) is 5.32 Å². The number of esters is 1. The Morgan fingerprint density at radius 1 is 1.29 bits per heavy atom. The fraction of sp³-hybridized carbons (Fsp3) is 0.727. The lowest BCUT2D eigenvalue weighted by Crippen LogP contribution is -2.56. The van der Waals surface area contributed by atoms with Gasteiger partial charge in [0, 0.05) is 0 Å². The normalized spacial score (nSPS) is 19.8. The second-order valence-electron chi connectivity index (χ2n) is 5.09. The van der Waals surface area contributed by atoms with Crippen LogP contribution in [-0.4, -0.2) is 47.4 Å². The van der Waals surface area contributed by atoms with Crippen molar-refractivity contribution in [3.8, 4) is 0 Å². The van der Waals surface area contributed by atoms with E-state index in [1.807, 2.05) is 0 Å². The van der Waals surface area contributed by atoms with Gasteiger partial charge in [0.1, 0.15) is 11.6 Å². The molecule has 1 fully saturated rings. The quantitative estimate of drug-likeness (QED) is 0.530. The van der Waals surface area contributed by atoms with Crippen LogP contribution in [0, 0.1) is 0 Å². The van der Waals surface area contributed by atoms with Crippen LogP contribution in [0.4, 0.5) is 0 Å². The van der Waals surface area contributed by atoms with Crippen LogP contribution in [0.25, 0.3) is 0 Å². The Balaban J connectivity index is 2.63. The second-order valence-corrected chi connectivity index (χ2v) is 5.09. The number of nitrogens with one attached hydrogen (secondary N) is 1. The molecule has 1 rings (SSSR count). The average Bonchev–Trinajstić information content (AvgIpc) is 2.12. The highest BCUT2D eigenvalue weighted by Crippen LogP contribution is 2.11. The first kappa shape index (κ1) is 13.6. The molecule has 1 atom stereocenters. The molecule has 0 radical (unpaired) electrons. The standard InChI is InChI=1S/C11H18N2O4/c1-7(10(16)17-11(2,3)4)13-5-8(14)12-9(15)6-13/h7H,5-6H2,1-4H3,(H,12,14,15). The largest absolute Gasteiger partial charge is 0.459 e. The van der Waals surface area contributed by atoms with Crippen molar-refractivity contribution in [3.63, 3.8) is 0 Å². The predicted molar refractivity (Wildman–Crippen MR) is 60.0 cm³/mol. The summed E-state index contributed by atoms with van der Waals surface area (Å²) < 4.78 is 5.20. The minimum absolute atomic E-state index is 0.0339. The minimum Gasteiger partial charge on any atom is -0.459 e. The van der Waals surface area contributed by atoms with Gasteiger partial charge in [-0.05, 0) is 27.7 Å². The molecule has 1 aliphatic rings. The Hall–Kier alpha value is -1.43. The number of ether oxygens (including phenoxy) is 1. The molecule has 0 saturated carbocycles. The molecule has 1 N–H and O–H groups in total. The molecule has 1 heterocycles. The fourth-order valence-corrected chi connectivity index (χ4v) is 1.47. The molecular weight excluding hydrogens is 224 g/mol. The van der Waals surface area contributed by atoms with Gasteiger partial charge in [0.25, 0.3) is 0 Å². The number of amides is 2. The van der Waals surface area contributed by atoms with Gasteiger partial charge in [-0.3, -0.25) is 24.6 Å². The molecule has 1 saturated heterocycles. The van der Waals surface area contributed by atoms with Gasteiger partial charge >= 0.3 is 5.97 Å². The summed E-state index contributed by atoms with van der Waals surface area (Å²) in [6.45, 7) is 7.00. The Kier molecular flexibility index (Phi) is 3.87. The van der Waals surface area contributed by atoms with Crippen LogP contribution in [0.3, 0.4) is 0 Å². The Morgan fingerprint density at radius 3 is 2.18 bits per heavy atom. The van der Waals surface area contributed by atoms with Gasteiger partial charge in [-0.2, -0.15) is 0 Å². The molecule has 0 aromatic heterocycles. The number of carbonyl (C=O) groups excluding carboxylic acids is 3.